The van der Waals surface area contributed by atoms with Crippen LogP contribution in [-0.2, 0) is 0 Å². The Balaban J connectivity index is 2.22. The summed E-state index contributed by atoms with van der Waals surface area (Å²) in [6.07, 6.45) is 17.3. The first-order chi connectivity index (χ1) is 6.39. The summed E-state index contributed by atoms with van der Waals surface area (Å²) >= 11 is 3.69. The van der Waals surface area contributed by atoms with Crippen LogP contribution in [-0.4, -0.2) is 4.83 Å². The molecular formula is C12H21Br. The monoisotopic (exact) mass is 244 g/mol. The summed E-state index contributed by atoms with van der Waals surface area (Å²) in [6, 6.07) is 0. The zero-order chi connectivity index (χ0) is 9.36. The Bertz CT molecular complexity index is 140. The fraction of sp³-hybridized carbons (Fsp3) is 0.833. The maximum atomic E-state index is 3.69. The van der Waals surface area contributed by atoms with E-state index < -0.39 is 0 Å². The Morgan fingerprint density at radius 2 is 1.46 bits per heavy atom. The van der Waals surface area contributed by atoms with Gasteiger partial charge in [0, 0.05) is 4.83 Å². The highest BCUT2D eigenvalue weighted by Gasteiger charge is 1.99. The quantitative estimate of drug-likeness (QED) is 0.423. The van der Waals surface area contributed by atoms with E-state index in [2.05, 4.69) is 28.1 Å². The third-order valence-corrected chi connectivity index (χ3v) is 3.46. The summed E-state index contributed by atoms with van der Waals surface area (Å²) in [5.41, 5.74) is 0. The van der Waals surface area contributed by atoms with E-state index in [0.29, 0.717) is 4.83 Å². The van der Waals surface area contributed by atoms with Gasteiger partial charge in [-0.1, -0.05) is 66.6 Å². The van der Waals surface area contributed by atoms with Crippen LogP contribution in [0.25, 0.3) is 0 Å². The van der Waals surface area contributed by atoms with Gasteiger partial charge in [-0.15, -0.1) is 0 Å². The van der Waals surface area contributed by atoms with E-state index in [9.17, 15) is 0 Å². The first-order valence-electron chi connectivity index (χ1n) is 5.70. The molecule has 1 atom stereocenters. The molecule has 0 bridgehead atoms. The van der Waals surface area contributed by atoms with Gasteiger partial charge in [0.1, 0.15) is 0 Å². The molecule has 0 spiro atoms. The van der Waals surface area contributed by atoms with Crippen molar-refractivity contribution in [2.75, 3.05) is 0 Å². The van der Waals surface area contributed by atoms with E-state index in [-0.39, 0.29) is 0 Å². The highest BCUT2D eigenvalue weighted by atomic mass is 79.9. The Hall–Kier alpha value is 0.220. The molecule has 0 saturated carbocycles. The van der Waals surface area contributed by atoms with Crippen LogP contribution in [0.3, 0.4) is 0 Å². The van der Waals surface area contributed by atoms with Gasteiger partial charge < -0.3 is 0 Å². The van der Waals surface area contributed by atoms with Gasteiger partial charge in [0.05, 0.1) is 0 Å². The lowest BCUT2D eigenvalue weighted by molar-refractivity contribution is 0.569. The molecule has 0 N–H and O–H groups in total. The molecule has 1 aliphatic rings. The molecule has 1 aliphatic carbocycles. The minimum Gasteiger partial charge on any atom is -0.0874 e. The maximum absolute atomic E-state index is 3.69. The van der Waals surface area contributed by atoms with Gasteiger partial charge in [-0.2, -0.15) is 0 Å². The highest BCUT2D eigenvalue weighted by molar-refractivity contribution is 9.09. The van der Waals surface area contributed by atoms with Crippen LogP contribution in [0.15, 0.2) is 12.2 Å². The Morgan fingerprint density at radius 3 is 2.23 bits per heavy atom. The molecular weight excluding hydrogens is 224 g/mol. The molecule has 0 aromatic carbocycles. The predicted molar refractivity (Wildman–Crippen MR) is 63.4 cm³/mol. The molecule has 0 nitrogen and oxygen atoms in total. The molecule has 76 valence electrons. The third kappa shape index (κ3) is 6.31. The van der Waals surface area contributed by atoms with Crippen LogP contribution in [0.5, 0.6) is 0 Å². The molecule has 0 aliphatic heterocycles. The van der Waals surface area contributed by atoms with Crippen molar-refractivity contribution >= 4 is 15.9 Å². The molecule has 0 amide bonds. The van der Waals surface area contributed by atoms with E-state index in [1.165, 1.54) is 57.8 Å². The zero-order valence-corrected chi connectivity index (χ0v) is 10.1. The van der Waals surface area contributed by atoms with Crippen molar-refractivity contribution in [1.29, 1.82) is 0 Å². The second-order valence-corrected chi connectivity index (χ2v) is 5.17. The van der Waals surface area contributed by atoms with Crippen molar-refractivity contribution in [1.82, 2.24) is 0 Å². The van der Waals surface area contributed by atoms with Crippen molar-refractivity contribution < 1.29 is 0 Å². The van der Waals surface area contributed by atoms with Crippen LogP contribution in [0.4, 0.5) is 0 Å². The van der Waals surface area contributed by atoms with Gasteiger partial charge in [-0.25, -0.2) is 0 Å². The summed E-state index contributed by atoms with van der Waals surface area (Å²) in [7, 11) is 0. The lowest BCUT2D eigenvalue weighted by Crippen LogP contribution is -1.93. The summed E-state index contributed by atoms with van der Waals surface area (Å²) in [5, 5.41) is 0. The van der Waals surface area contributed by atoms with Gasteiger partial charge in [-0.3, -0.25) is 0 Å². The van der Waals surface area contributed by atoms with Gasteiger partial charge in [0.2, 0.25) is 0 Å². The number of rotatable bonds is 0. The standard InChI is InChI=1S/C12H21Br/c13-12-10-8-6-4-2-1-3-5-7-9-11-12/h8,10,12H,1-7,9,11H2. The first kappa shape index (κ1) is 11.3. The van der Waals surface area contributed by atoms with Crippen molar-refractivity contribution in [3.05, 3.63) is 12.2 Å². The lowest BCUT2D eigenvalue weighted by Gasteiger charge is -2.06. The lowest BCUT2D eigenvalue weighted by atomic mass is 10.0. The number of halogens is 1. The number of hydrogen-bond acceptors (Lipinski definition) is 0. The summed E-state index contributed by atoms with van der Waals surface area (Å²) < 4.78 is 0. The molecule has 1 rings (SSSR count). The third-order valence-electron chi connectivity index (χ3n) is 2.70. The van der Waals surface area contributed by atoms with E-state index >= 15 is 0 Å². The predicted octanol–water partition coefficient (Wildman–Crippen LogP) is 4.83. The molecule has 1 heteroatoms. The Morgan fingerprint density at radius 1 is 0.846 bits per heavy atom. The van der Waals surface area contributed by atoms with Crippen LogP contribution in [0.1, 0.15) is 57.8 Å². The molecule has 0 aromatic heterocycles. The van der Waals surface area contributed by atoms with E-state index in [4.69, 9.17) is 0 Å². The second-order valence-electron chi connectivity index (χ2n) is 4.00. The van der Waals surface area contributed by atoms with Crippen molar-refractivity contribution in [3.8, 4) is 0 Å². The molecule has 0 aromatic rings. The van der Waals surface area contributed by atoms with E-state index in [1.54, 1.807) is 0 Å². The minimum absolute atomic E-state index is 0.631. The molecule has 13 heavy (non-hydrogen) atoms. The summed E-state index contributed by atoms with van der Waals surface area (Å²) in [4.78, 5) is 0.631. The Labute approximate surface area is 90.9 Å². The van der Waals surface area contributed by atoms with Crippen molar-refractivity contribution in [2.24, 2.45) is 0 Å². The SMILES string of the molecule is BrC1C=CCCCCCCCCC1. The Kier molecular flexibility index (Phi) is 6.61. The van der Waals surface area contributed by atoms with Gasteiger partial charge in [0.15, 0.2) is 0 Å². The average Bonchev–Trinajstić information content (AvgIpc) is 2.11. The smallest absolute Gasteiger partial charge is 0.0325 e. The van der Waals surface area contributed by atoms with Crippen molar-refractivity contribution in [3.63, 3.8) is 0 Å². The zero-order valence-electron chi connectivity index (χ0n) is 8.47. The maximum Gasteiger partial charge on any atom is 0.0325 e. The number of hydrogen-bond donors (Lipinski definition) is 0. The highest BCUT2D eigenvalue weighted by Crippen LogP contribution is 2.16. The number of allylic oxidation sites excluding steroid dienone is 2. The van der Waals surface area contributed by atoms with Gasteiger partial charge >= 0.3 is 0 Å². The summed E-state index contributed by atoms with van der Waals surface area (Å²) in [5.74, 6) is 0. The molecule has 0 saturated heterocycles. The first-order valence-corrected chi connectivity index (χ1v) is 6.62. The van der Waals surface area contributed by atoms with Crippen molar-refractivity contribution in [2.45, 2.75) is 62.6 Å². The van der Waals surface area contributed by atoms with E-state index in [1.807, 2.05) is 0 Å². The number of alkyl halides is 1. The second kappa shape index (κ2) is 7.61. The van der Waals surface area contributed by atoms with Gasteiger partial charge in [0.25, 0.3) is 0 Å². The average molecular weight is 245 g/mol. The van der Waals surface area contributed by atoms with Crippen LogP contribution < -0.4 is 0 Å². The van der Waals surface area contributed by atoms with Gasteiger partial charge in [-0.05, 0) is 19.3 Å². The molecule has 1 unspecified atom stereocenters. The van der Waals surface area contributed by atoms with Crippen LogP contribution in [0.2, 0.25) is 0 Å². The fourth-order valence-electron chi connectivity index (χ4n) is 1.83. The molecule has 0 fully saturated rings. The summed E-state index contributed by atoms with van der Waals surface area (Å²) in [6.45, 7) is 0. The molecule has 0 heterocycles. The molecule has 0 radical (unpaired) electrons. The fourth-order valence-corrected chi connectivity index (χ4v) is 2.37. The minimum atomic E-state index is 0.631. The van der Waals surface area contributed by atoms with Crippen LogP contribution >= 0.6 is 15.9 Å². The topological polar surface area (TPSA) is 0 Å². The van der Waals surface area contributed by atoms with Crippen LogP contribution in [0, 0.1) is 0 Å². The normalized spacial score (nSPS) is 27.6. The van der Waals surface area contributed by atoms with E-state index in [0.717, 1.165) is 0 Å². The largest absolute Gasteiger partial charge is 0.0874 e.